The van der Waals surface area contributed by atoms with Crippen LogP contribution in [0, 0.1) is 0 Å². The Kier molecular flexibility index (Phi) is 5.13. The second-order valence-corrected chi connectivity index (χ2v) is 3.25. The fourth-order valence-electron chi connectivity index (χ4n) is 0.663. The summed E-state index contributed by atoms with van der Waals surface area (Å²) in [6, 6.07) is 0. The predicted octanol–water partition coefficient (Wildman–Crippen LogP) is 1.09. The summed E-state index contributed by atoms with van der Waals surface area (Å²) in [5.41, 5.74) is -0.197. The van der Waals surface area contributed by atoms with Crippen LogP contribution in [0.15, 0.2) is 0 Å². The molecule has 0 rings (SSSR count). The van der Waals surface area contributed by atoms with Gasteiger partial charge in [-0.25, -0.2) is 0 Å². The van der Waals surface area contributed by atoms with Crippen LogP contribution in [0.4, 0.5) is 0 Å². The second-order valence-electron chi connectivity index (χ2n) is 2.81. The van der Waals surface area contributed by atoms with E-state index in [4.69, 9.17) is 9.84 Å². The van der Waals surface area contributed by atoms with E-state index in [0.29, 0.717) is 13.0 Å². The predicted molar refractivity (Wildman–Crippen MR) is 45.6 cm³/mol. The van der Waals surface area contributed by atoms with Crippen molar-refractivity contribution < 1.29 is 9.84 Å². The van der Waals surface area contributed by atoms with Gasteiger partial charge >= 0.3 is 0 Å². The van der Waals surface area contributed by atoms with Crippen molar-refractivity contribution in [3.8, 4) is 0 Å². The van der Waals surface area contributed by atoms with E-state index < -0.39 is 0 Å². The monoisotopic (exact) mass is 164 g/mol. The van der Waals surface area contributed by atoms with E-state index in [0.717, 1.165) is 5.75 Å². The molecule has 0 aliphatic carbocycles. The minimum absolute atomic E-state index is 0.180. The normalized spacial score (nSPS) is 12.0. The fourth-order valence-corrected chi connectivity index (χ4v) is 0.755. The minimum Gasteiger partial charge on any atom is -0.396 e. The molecule has 0 amide bonds. The molecule has 0 aromatic heterocycles. The van der Waals surface area contributed by atoms with Crippen LogP contribution >= 0.6 is 12.6 Å². The van der Waals surface area contributed by atoms with Crippen LogP contribution in [0.25, 0.3) is 0 Å². The van der Waals surface area contributed by atoms with Crippen molar-refractivity contribution >= 4 is 12.6 Å². The summed E-state index contributed by atoms with van der Waals surface area (Å²) in [5, 5.41) is 8.60. The van der Waals surface area contributed by atoms with E-state index in [1.165, 1.54) is 0 Å². The van der Waals surface area contributed by atoms with Crippen LogP contribution < -0.4 is 0 Å². The molecule has 0 saturated carbocycles. The Hall–Kier alpha value is 0.270. The maximum absolute atomic E-state index is 8.60. The summed E-state index contributed by atoms with van der Waals surface area (Å²) >= 11 is 4.01. The number of ether oxygens (including phenoxy) is 1. The molecule has 0 aliphatic rings. The van der Waals surface area contributed by atoms with Crippen LogP contribution in [0.3, 0.4) is 0 Å². The van der Waals surface area contributed by atoms with Gasteiger partial charge in [0.25, 0.3) is 0 Å². The van der Waals surface area contributed by atoms with Gasteiger partial charge in [0.15, 0.2) is 0 Å². The molecule has 10 heavy (non-hydrogen) atoms. The number of hydrogen-bond acceptors (Lipinski definition) is 3. The van der Waals surface area contributed by atoms with Crippen molar-refractivity contribution in [2.45, 2.75) is 25.9 Å². The molecule has 3 heteroatoms. The van der Waals surface area contributed by atoms with E-state index in [-0.39, 0.29) is 12.2 Å². The zero-order valence-electron chi connectivity index (χ0n) is 6.63. The largest absolute Gasteiger partial charge is 0.396 e. The summed E-state index contributed by atoms with van der Waals surface area (Å²) < 4.78 is 5.38. The van der Waals surface area contributed by atoms with Crippen molar-refractivity contribution in [2.75, 3.05) is 19.0 Å². The van der Waals surface area contributed by atoms with E-state index in [1.807, 2.05) is 13.8 Å². The number of hydrogen-bond donors (Lipinski definition) is 2. The zero-order chi connectivity index (χ0) is 8.04. The molecule has 0 bridgehead atoms. The molecular formula is C7H16O2S. The Labute approximate surface area is 68.0 Å². The van der Waals surface area contributed by atoms with Gasteiger partial charge in [0.1, 0.15) is 0 Å². The lowest BCUT2D eigenvalue weighted by molar-refractivity contribution is -0.0243. The molecule has 0 unspecified atom stereocenters. The molecule has 0 fully saturated rings. The molecule has 0 spiro atoms. The molecule has 0 aromatic carbocycles. The third-order valence-corrected chi connectivity index (χ3v) is 1.48. The van der Waals surface area contributed by atoms with Crippen LogP contribution in [0.5, 0.6) is 0 Å². The van der Waals surface area contributed by atoms with Crippen molar-refractivity contribution in [3.63, 3.8) is 0 Å². The molecule has 62 valence electrons. The van der Waals surface area contributed by atoms with Gasteiger partial charge in [0.2, 0.25) is 0 Å². The first-order valence-electron chi connectivity index (χ1n) is 3.48. The number of rotatable bonds is 5. The Morgan fingerprint density at radius 1 is 1.50 bits per heavy atom. The smallest absolute Gasteiger partial charge is 0.0648 e. The summed E-state index contributed by atoms with van der Waals surface area (Å²) in [6.45, 7) is 4.76. The van der Waals surface area contributed by atoms with E-state index in [1.54, 1.807) is 0 Å². The minimum atomic E-state index is -0.197. The highest BCUT2D eigenvalue weighted by Gasteiger charge is 2.16. The highest BCUT2D eigenvalue weighted by molar-refractivity contribution is 7.80. The van der Waals surface area contributed by atoms with Crippen molar-refractivity contribution in [3.05, 3.63) is 0 Å². The molecule has 0 heterocycles. The first kappa shape index (κ1) is 10.3. The summed E-state index contributed by atoms with van der Waals surface area (Å²) in [4.78, 5) is 0. The molecule has 1 N–H and O–H groups in total. The number of aliphatic hydroxyl groups excluding tert-OH is 1. The lowest BCUT2D eigenvalue weighted by atomic mass is 10.1. The van der Waals surface area contributed by atoms with Gasteiger partial charge in [-0.1, -0.05) is 0 Å². The average Bonchev–Trinajstić information content (AvgIpc) is 1.84. The van der Waals surface area contributed by atoms with Gasteiger partial charge in [-0.2, -0.15) is 12.6 Å². The Morgan fingerprint density at radius 2 is 2.10 bits per heavy atom. The van der Waals surface area contributed by atoms with Gasteiger partial charge in [-0.15, -0.1) is 0 Å². The third kappa shape index (κ3) is 5.09. The highest BCUT2D eigenvalue weighted by atomic mass is 32.1. The summed E-state index contributed by atoms with van der Waals surface area (Å²) in [7, 11) is 0. The van der Waals surface area contributed by atoms with Gasteiger partial charge in [-0.3, -0.25) is 0 Å². The fraction of sp³-hybridized carbons (Fsp3) is 1.00. The molecule has 2 nitrogen and oxygen atoms in total. The Bertz CT molecular complexity index is 83.7. The van der Waals surface area contributed by atoms with Gasteiger partial charge in [-0.05, 0) is 20.3 Å². The topological polar surface area (TPSA) is 29.5 Å². The Morgan fingerprint density at radius 3 is 2.50 bits per heavy atom. The first-order valence-corrected chi connectivity index (χ1v) is 4.11. The van der Waals surface area contributed by atoms with Crippen LogP contribution in [-0.4, -0.2) is 29.7 Å². The van der Waals surface area contributed by atoms with Gasteiger partial charge < -0.3 is 9.84 Å². The SMILES string of the molecule is CC(C)(CCO)OCCS. The summed E-state index contributed by atoms with van der Waals surface area (Å²) in [6.07, 6.45) is 0.681. The van der Waals surface area contributed by atoms with E-state index >= 15 is 0 Å². The zero-order valence-corrected chi connectivity index (χ0v) is 7.53. The highest BCUT2D eigenvalue weighted by Crippen LogP contribution is 2.12. The van der Waals surface area contributed by atoms with Gasteiger partial charge in [0, 0.05) is 12.4 Å². The molecule has 0 aliphatic heterocycles. The summed E-state index contributed by atoms with van der Waals surface area (Å²) in [5.74, 6) is 0.731. The van der Waals surface area contributed by atoms with Crippen LogP contribution in [-0.2, 0) is 4.74 Å². The lowest BCUT2D eigenvalue weighted by Crippen LogP contribution is -2.26. The lowest BCUT2D eigenvalue weighted by Gasteiger charge is -2.23. The maximum Gasteiger partial charge on any atom is 0.0648 e. The second kappa shape index (κ2) is 4.99. The van der Waals surface area contributed by atoms with Crippen LogP contribution in [0.2, 0.25) is 0 Å². The van der Waals surface area contributed by atoms with Crippen LogP contribution in [0.1, 0.15) is 20.3 Å². The number of aliphatic hydroxyl groups is 1. The standard InChI is InChI=1S/C7H16O2S/c1-7(2,3-4-8)9-5-6-10/h8,10H,3-6H2,1-2H3. The molecule has 0 aromatic rings. The average molecular weight is 164 g/mol. The van der Waals surface area contributed by atoms with Crippen molar-refractivity contribution in [2.24, 2.45) is 0 Å². The third-order valence-electron chi connectivity index (χ3n) is 1.30. The van der Waals surface area contributed by atoms with Gasteiger partial charge in [0.05, 0.1) is 12.2 Å². The maximum atomic E-state index is 8.60. The Balaban J connectivity index is 3.42. The number of thiol groups is 1. The van der Waals surface area contributed by atoms with Crippen molar-refractivity contribution in [1.82, 2.24) is 0 Å². The molecule has 0 radical (unpaired) electrons. The quantitative estimate of drug-likeness (QED) is 0.596. The molecule has 0 saturated heterocycles. The molecule has 0 atom stereocenters. The van der Waals surface area contributed by atoms with E-state index in [2.05, 4.69) is 12.6 Å². The van der Waals surface area contributed by atoms with Crippen molar-refractivity contribution in [1.29, 1.82) is 0 Å². The molecular weight excluding hydrogens is 148 g/mol. The first-order chi connectivity index (χ1) is 4.62. The van der Waals surface area contributed by atoms with E-state index in [9.17, 15) is 0 Å².